The Balaban J connectivity index is 1.61. The van der Waals surface area contributed by atoms with Crippen molar-refractivity contribution in [1.82, 2.24) is 20.4 Å². The minimum absolute atomic E-state index is 0.0561. The number of nitrogens with one attached hydrogen (secondary N) is 2. The normalized spacial score (nSPS) is 28.7. The summed E-state index contributed by atoms with van der Waals surface area (Å²) >= 11 is 0. The molecule has 6 heteroatoms. The highest BCUT2D eigenvalue weighted by molar-refractivity contribution is 5.73. The molecular formula is C20H40N4O2. The lowest BCUT2D eigenvalue weighted by Crippen LogP contribution is -2.59. The molecular weight excluding hydrogens is 328 g/mol. The van der Waals surface area contributed by atoms with Crippen LogP contribution in [0.4, 0.5) is 4.79 Å². The van der Waals surface area contributed by atoms with Gasteiger partial charge in [-0.05, 0) is 66.0 Å². The molecule has 0 spiro atoms. The Labute approximate surface area is 160 Å². The second-order valence-corrected chi connectivity index (χ2v) is 8.99. The number of carbonyl (C=O) groups is 1. The van der Waals surface area contributed by atoms with Crippen LogP contribution in [0.5, 0.6) is 0 Å². The van der Waals surface area contributed by atoms with Gasteiger partial charge in [0.1, 0.15) is 0 Å². The second-order valence-electron chi connectivity index (χ2n) is 8.99. The van der Waals surface area contributed by atoms with Crippen molar-refractivity contribution in [3.63, 3.8) is 0 Å². The molecule has 2 rings (SSSR count). The lowest BCUT2D eigenvalue weighted by atomic mass is 10.00. The predicted octanol–water partition coefficient (Wildman–Crippen LogP) is 2.30. The number of likely N-dealkylation sites (tertiary alicyclic amines) is 1. The zero-order chi connectivity index (χ0) is 19.2. The third-order valence-electron chi connectivity index (χ3n) is 5.64. The maximum atomic E-state index is 12.1. The van der Waals surface area contributed by atoms with E-state index in [-0.39, 0.29) is 23.8 Å². The molecule has 152 valence electrons. The van der Waals surface area contributed by atoms with Crippen LogP contribution in [0.15, 0.2) is 0 Å². The van der Waals surface area contributed by atoms with E-state index < -0.39 is 0 Å². The van der Waals surface area contributed by atoms with Crippen LogP contribution >= 0.6 is 0 Å². The lowest BCUT2D eigenvalue weighted by Gasteiger charge is -2.45. The summed E-state index contributed by atoms with van der Waals surface area (Å²) in [6, 6.07) is -0.0561. The highest BCUT2D eigenvalue weighted by Crippen LogP contribution is 2.20. The van der Waals surface area contributed by atoms with E-state index in [0.717, 1.165) is 38.5 Å². The van der Waals surface area contributed by atoms with Gasteiger partial charge < -0.3 is 20.3 Å². The van der Waals surface area contributed by atoms with Gasteiger partial charge in [0.05, 0.1) is 12.2 Å². The molecule has 2 amide bonds. The van der Waals surface area contributed by atoms with Crippen molar-refractivity contribution in [2.75, 3.05) is 45.8 Å². The number of morpholine rings is 1. The van der Waals surface area contributed by atoms with Gasteiger partial charge >= 0.3 is 6.03 Å². The van der Waals surface area contributed by atoms with E-state index in [0.29, 0.717) is 6.54 Å². The molecule has 2 N–H and O–H groups in total. The smallest absolute Gasteiger partial charge is 0.314 e. The van der Waals surface area contributed by atoms with E-state index in [1.54, 1.807) is 0 Å². The number of hydrogen-bond acceptors (Lipinski definition) is 4. The molecule has 0 bridgehead atoms. The summed E-state index contributed by atoms with van der Waals surface area (Å²) in [7, 11) is 0. The fourth-order valence-corrected chi connectivity index (χ4v) is 4.14. The Kier molecular flexibility index (Phi) is 8.17. The molecule has 2 fully saturated rings. The number of rotatable bonds is 7. The largest absolute Gasteiger partial charge is 0.373 e. The summed E-state index contributed by atoms with van der Waals surface area (Å²) in [5.74, 6) is 0.813. The number of ether oxygens (including phenoxy) is 1. The average molecular weight is 369 g/mol. The molecule has 0 radical (unpaired) electrons. The zero-order valence-electron chi connectivity index (χ0n) is 17.5. The highest BCUT2D eigenvalue weighted by atomic mass is 16.5. The second kappa shape index (κ2) is 9.90. The van der Waals surface area contributed by atoms with Crippen molar-refractivity contribution in [1.29, 1.82) is 0 Å². The predicted molar refractivity (Wildman–Crippen MR) is 107 cm³/mol. The summed E-state index contributed by atoms with van der Waals surface area (Å²) in [6.45, 7) is 17.6. The van der Waals surface area contributed by atoms with Crippen molar-refractivity contribution in [3.05, 3.63) is 0 Å². The van der Waals surface area contributed by atoms with Crippen molar-refractivity contribution >= 4 is 6.03 Å². The third-order valence-corrected chi connectivity index (χ3v) is 5.64. The molecule has 3 unspecified atom stereocenters. The van der Waals surface area contributed by atoms with E-state index in [1.165, 1.54) is 25.9 Å². The van der Waals surface area contributed by atoms with Crippen molar-refractivity contribution in [2.45, 2.75) is 71.6 Å². The van der Waals surface area contributed by atoms with Crippen LogP contribution in [-0.2, 0) is 4.74 Å². The summed E-state index contributed by atoms with van der Waals surface area (Å²) < 4.78 is 5.81. The molecule has 0 aromatic heterocycles. The van der Waals surface area contributed by atoms with E-state index in [2.05, 4.69) is 55.1 Å². The van der Waals surface area contributed by atoms with Gasteiger partial charge in [-0.3, -0.25) is 4.90 Å². The average Bonchev–Trinajstić information content (AvgIpc) is 2.56. The third kappa shape index (κ3) is 7.05. The van der Waals surface area contributed by atoms with Gasteiger partial charge in [0.25, 0.3) is 0 Å². The zero-order valence-corrected chi connectivity index (χ0v) is 17.5. The maximum Gasteiger partial charge on any atom is 0.314 e. The van der Waals surface area contributed by atoms with Crippen LogP contribution in [0.1, 0.15) is 53.9 Å². The van der Waals surface area contributed by atoms with Crippen molar-refractivity contribution < 1.29 is 9.53 Å². The van der Waals surface area contributed by atoms with Crippen LogP contribution in [0.25, 0.3) is 0 Å². The number of hydrogen-bond donors (Lipinski definition) is 2. The molecule has 2 heterocycles. The van der Waals surface area contributed by atoms with Crippen LogP contribution in [0.3, 0.4) is 0 Å². The number of piperidine rings is 1. The van der Waals surface area contributed by atoms with Crippen molar-refractivity contribution in [2.24, 2.45) is 5.92 Å². The van der Waals surface area contributed by atoms with Gasteiger partial charge in [-0.25, -0.2) is 4.79 Å². The first-order chi connectivity index (χ1) is 12.3. The Morgan fingerprint density at radius 1 is 1.12 bits per heavy atom. The van der Waals surface area contributed by atoms with E-state index >= 15 is 0 Å². The highest BCUT2D eigenvalue weighted by Gasteiger charge is 2.33. The van der Waals surface area contributed by atoms with Crippen LogP contribution in [0.2, 0.25) is 0 Å². The fourth-order valence-electron chi connectivity index (χ4n) is 4.14. The number of carbonyl (C=O) groups excluding carboxylic acids is 1. The molecule has 0 saturated carbocycles. The summed E-state index contributed by atoms with van der Waals surface area (Å²) in [4.78, 5) is 17.1. The standard InChI is InChI=1S/C20H40N4O2/c1-16-8-6-10-23(12-16)11-7-9-21-19(25)22-15-20(4,5)24-13-17(2)26-18(3)14-24/h16-18H,6-15H2,1-5H3,(H2,21,22,25). The SMILES string of the molecule is CC1CCCN(CCCNC(=O)NCC(C)(C)N2CC(C)OC(C)C2)C1. The van der Waals surface area contributed by atoms with E-state index in [4.69, 9.17) is 4.74 Å². The molecule has 26 heavy (non-hydrogen) atoms. The summed E-state index contributed by atoms with van der Waals surface area (Å²) in [5.41, 5.74) is -0.0758. The Bertz CT molecular complexity index is 434. The van der Waals surface area contributed by atoms with Gasteiger partial charge in [0, 0.05) is 38.3 Å². The molecule has 2 saturated heterocycles. The molecule has 0 aromatic rings. The van der Waals surface area contributed by atoms with E-state index in [9.17, 15) is 4.79 Å². The van der Waals surface area contributed by atoms with Gasteiger partial charge in [-0.1, -0.05) is 6.92 Å². The Morgan fingerprint density at radius 3 is 2.46 bits per heavy atom. The molecule has 0 aromatic carbocycles. The van der Waals surface area contributed by atoms with Crippen LogP contribution < -0.4 is 10.6 Å². The number of urea groups is 1. The Morgan fingerprint density at radius 2 is 1.81 bits per heavy atom. The van der Waals surface area contributed by atoms with Gasteiger partial charge in [-0.15, -0.1) is 0 Å². The molecule has 6 nitrogen and oxygen atoms in total. The topological polar surface area (TPSA) is 56.8 Å². The first-order valence-corrected chi connectivity index (χ1v) is 10.4. The van der Waals surface area contributed by atoms with Crippen LogP contribution in [-0.4, -0.2) is 79.4 Å². The number of amides is 2. The summed E-state index contributed by atoms with van der Waals surface area (Å²) in [5, 5.41) is 6.06. The first-order valence-electron chi connectivity index (χ1n) is 10.4. The van der Waals surface area contributed by atoms with E-state index in [1.807, 2.05) is 0 Å². The minimum atomic E-state index is -0.0758. The molecule has 3 atom stereocenters. The quantitative estimate of drug-likeness (QED) is 0.677. The molecule has 2 aliphatic heterocycles. The van der Waals surface area contributed by atoms with Crippen molar-refractivity contribution in [3.8, 4) is 0 Å². The summed E-state index contributed by atoms with van der Waals surface area (Å²) in [6.07, 6.45) is 4.16. The van der Waals surface area contributed by atoms with Gasteiger partial charge in [0.2, 0.25) is 0 Å². The fraction of sp³-hybridized carbons (Fsp3) is 0.950. The Hall–Kier alpha value is -0.850. The first kappa shape index (κ1) is 21.5. The minimum Gasteiger partial charge on any atom is -0.373 e. The monoisotopic (exact) mass is 368 g/mol. The van der Waals surface area contributed by atoms with Gasteiger partial charge in [0.15, 0.2) is 0 Å². The number of nitrogens with zero attached hydrogens (tertiary/aromatic N) is 2. The molecule has 2 aliphatic rings. The maximum absolute atomic E-state index is 12.1. The molecule has 0 aliphatic carbocycles. The lowest BCUT2D eigenvalue weighted by molar-refractivity contribution is -0.0947. The van der Waals surface area contributed by atoms with Gasteiger partial charge in [-0.2, -0.15) is 0 Å². The van der Waals surface area contributed by atoms with Crippen LogP contribution in [0, 0.1) is 5.92 Å².